The van der Waals surface area contributed by atoms with Gasteiger partial charge in [0.15, 0.2) is 0 Å². The summed E-state index contributed by atoms with van der Waals surface area (Å²) in [7, 11) is 1.56. The van der Waals surface area contributed by atoms with E-state index in [9.17, 15) is 18.7 Å². The molecule has 0 radical (unpaired) electrons. The molecule has 0 saturated carbocycles. The fourth-order valence-electron chi connectivity index (χ4n) is 3.01. The summed E-state index contributed by atoms with van der Waals surface area (Å²) in [4.78, 5) is 20.6. The van der Waals surface area contributed by atoms with Gasteiger partial charge in [0.25, 0.3) is 5.91 Å². The van der Waals surface area contributed by atoms with Gasteiger partial charge in [0, 0.05) is 18.0 Å². The van der Waals surface area contributed by atoms with E-state index >= 15 is 0 Å². The van der Waals surface area contributed by atoms with Crippen LogP contribution in [0.25, 0.3) is 0 Å². The molecule has 0 aliphatic rings. The van der Waals surface area contributed by atoms with Gasteiger partial charge in [-0.05, 0) is 42.3 Å². The zero-order valence-corrected chi connectivity index (χ0v) is 19.4. The van der Waals surface area contributed by atoms with Crippen LogP contribution in [0.3, 0.4) is 0 Å². The molecule has 1 atom stereocenters. The van der Waals surface area contributed by atoms with E-state index in [0.29, 0.717) is 17.7 Å². The van der Waals surface area contributed by atoms with Crippen molar-refractivity contribution < 1.29 is 28.2 Å². The number of rotatable bonds is 8. The molecule has 0 unspecified atom stereocenters. The maximum Gasteiger partial charge on any atom is 0.387 e. The molecule has 0 spiro atoms. The number of methoxy groups -OCH3 is 1. The van der Waals surface area contributed by atoms with Crippen LogP contribution in [0.4, 0.5) is 14.7 Å². The zero-order chi connectivity index (χ0) is 24.5. The number of nitrogens with two attached hydrogens (primary N) is 1. The first-order valence-corrected chi connectivity index (χ1v) is 10.1. The highest BCUT2D eigenvalue weighted by atomic mass is 35.5. The van der Waals surface area contributed by atoms with E-state index < -0.39 is 18.6 Å². The van der Waals surface area contributed by atoms with Crippen LogP contribution in [0.15, 0.2) is 54.9 Å². The van der Waals surface area contributed by atoms with Gasteiger partial charge in [0.05, 0.1) is 30.9 Å². The first-order valence-electron chi connectivity index (χ1n) is 10.1. The maximum absolute atomic E-state index is 13.0. The molecule has 1 aromatic heterocycles. The number of ether oxygens (including phenoxy) is 2. The highest BCUT2D eigenvalue weighted by Crippen LogP contribution is 2.20. The minimum atomic E-state index is -3.03. The number of nitrogens with zero attached hydrogens (tertiary/aromatic N) is 2. The van der Waals surface area contributed by atoms with E-state index in [-0.39, 0.29) is 41.8 Å². The van der Waals surface area contributed by atoms with E-state index in [1.165, 1.54) is 30.6 Å². The smallest absolute Gasteiger partial charge is 0.387 e. The second-order valence-electron chi connectivity index (χ2n) is 7.07. The van der Waals surface area contributed by atoms with Crippen molar-refractivity contribution in [1.29, 1.82) is 0 Å². The number of aromatic nitrogens is 2. The van der Waals surface area contributed by atoms with Crippen molar-refractivity contribution in [2.45, 2.75) is 19.1 Å². The molecule has 11 heteroatoms. The van der Waals surface area contributed by atoms with Crippen LogP contribution < -0.4 is 20.5 Å². The first-order chi connectivity index (χ1) is 16.4. The number of hydrogen-bond acceptors (Lipinski definition) is 7. The van der Waals surface area contributed by atoms with E-state index in [1.807, 2.05) is 12.1 Å². The number of nitrogen functional groups attached to an aromatic ring is 1. The normalized spacial score (nSPS) is 11.0. The predicted molar refractivity (Wildman–Crippen MR) is 128 cm³/mol. The lowest BCUT2D eigenvalue weighted by Crippen LogP contribution is -2.39. The Morgan fingerprint density at radius 1 is 1.11 bits per heavy atom. The van der Waals surface area contributed by atoms with Gasteiger partial charge < -0.3 is 25.6 Å². The van der Waals surface area contributed by atoms with Crippen molar-refractivity contribution in [3.8, 4) is 23.3 Å². The van der Waals surface area contributed by atoms with Crippen molar-refractivity contribution >= 4 is 24.3 Å². The number of alkyl halides is 2. The van der Waals surface area contributed by atoms with E-state index in [1.54, 1.807) is 19.2 Å². The third-order valence-corrected chi connectivity index (χ3v) is 4.67. The molecule has 4 N–H and O–H groups in total. The largest absolute Gasteiger partial charge is 0.497 e. The summed E-state index contributed by atoms with van der Waals surface area (Å²) in [5.74, 6) is 5.61. The lowest BCUT2D eigenvalue weighted by atomic mass is 10.0. The van der Waals surface area contributed by atoms with Gasteiger partial charge >= 0.3 is 6.61 Å². The highest BCUT2D eigenvalue weighted by molar-refractivity contribution is 5.97. The lowest BCUT2D eigenvalue weighted by molar-refractivity contribution is -0.0498. The Labute approximate surface area is 206 Å². The summed E-state index contributed by atoms with van der Waals surface area (Å²) in [5.41, 5.74) is 7.02. The van der Waals surface area contributed by atoms with E-state index in [2.05, 4.69) is 31.9 Å². The minimum Gasteiger partial charge on any atom is -0.497 e. The van der Waals surface area contributed by atoms with Crippen LogP contribution in [-0.4, -0.2) is 47.4 Å². The van der Waals surface area contributed by atoms with Crippen molar-refractivity contribution in [3.63, 3.8) is 0 Å². The monoisotopic (exact) mass is 504 g/mol. The molecule has 8 nitrogen and oxygen atoms in total. The molecule has 0 bridgehead atoms. The molecule has 1 amide bonds. The second kappa shape index (κ2) is 13.1. The molecule has 35 heavy (non-hydrogen) atoms. The first kappa shape index (κ1) is 27.3. The standard InChI is InChI=1S/C24H22F2N4O4.ClH/c1-33-19-6-3-15(4-7-19)10-18(14-31)30-22(32)21-9-8-20(34-23(25)26)11-17(21)5-2-16-12-28-24(27)29-13-16;/h3-4,6-9,11-13,18,23,31H,10,14H2,1H3,(H,30,32)(H2,27,28,29);1H/t18-;/m0./s1. The van der Waals surface area contributed by atoms with Crippen LogP contribution >= 0.6 is 12.4 Å². The van der Waals surface area contributed by atoms with Crippen LogP contribution in [0.2, 0.25) is 0 Å². The summed E-state index contributed by atoms with van der Waals surface area (Å²) in [5, 5.41) is 12.5. The van der Waals surface area contributed by atoms with Gasteiger partial charge in [0.1, 0.15) is 11.5 Å². The van der Waals surface area contributed by atoms with E-state index in [4.69, 9.17) is 10.5 Å². The third kappa shape index (κ3) is 8.10. The van der Waals surface area contributed by atoms with Gasteiger partial charge in [0.2, 0.25) is 5.95 Å². The molecule has 0 fully saturated rings. The predicted octanol–water partition coefficient (Wildman–Crippen LogP) is 2.82. The molecule has 1 heterocycles. The van der Waals surface area contributed by atoms with Gasteiger partial charge in [-0.2, -0.15) is 8.78 Å². The fraction of sp³-hybridized carbons (Fsp3) is 0.208. The molecule has 0 aliphatic carbocycles. The molecule has 0 saturated heterocycles. The fourth-order valence-corrected chi connectivity index (χ4v) is 3.01. The minimum absolute atomic E-state index is 0. The molecular formula is C24H23ClF2N4O4. The summed E-state index contributed by atoms with van der Waals surface area (Å²) >= 11 is 0. The van der Waals surface area contributed by atoms with Crippen molar-refractivity contribution in [2.75, 3.05) is 19.5 Å². The summed E-state index contributed by atoms with van der Waals surface area (Å²) in [6, 6.07) is 10.4. The summed E-state index contributed by atoms with van der Waals surface area (Å²) < 4.78 is 34.9. The maximum atomic E-state index is 13.0. The van der Waals surface area contributed by atoms with Gasteiger partial charge in [-0.25, -0.2) is 9.97 Å². The third-order valence-electron chi connectivity index (χ3n) is 4.67. The number of carbonyl (C=O) groups is 1. The number of amides is 1. The van der Waals surface area contributed by atoms with Gasteiger partial charge in [-0.3, -0.25) is 4.79 Å². The molecular weight excluding hydrogens is 482 g/mol. The number of aliphatic hydroxyl groups excluding tert-OH is 1. The SMILES string of the molecule is COc1ccc(C[C@@H](CO)NC(=O)c2ccc(OC(F)F)cc2C#Cc2cnc(N)nc2)cc1.Cl. The van der Waals surface area contributed by atoms with Crippen LogP contribution in [0.1, 0.15) is 27.0 Å². The number of nitrogens with one attached hydrogen (secondary N) is 1. The topological polar surface area (TPSA) is 120 Å². The number of benzene rings is 2. The van der Waals surface area contributed by atoms with Crippen molar-refractivity contribution in [3.05, 3.63) is 77.1 Å². The Bertz CT molecular complexity index is 1180. The number of carbonyl (C=O) groups excluding carboxylic acids is 1. The van der Waals surface area contributed by atoms with Crippen LogP contribution in [-0.2, 0) is 6.42 Å². The Balaban J connectivity index is 0.00000432. The van der Waals surface area contributed by atoms with Crippen LogP contribution in [0.5, 0.6) is 11.5 Å². The Morgan fingerprint density at radius 3 is 2.37 bits per heavy atom. The number of halogens is 3. The second-order valence-corrected chi connectivity index (χ2v) is 7.07. The quantitative estimate of drug-likeness (QED) is 0.403. The Morgan fingerprint density at radius 2 is 1.77 bits per heavy atom. The molecule has 184 valence electrons. The van der Waals surface area contributed by atoms with Crippen molar-refractivity contribution in [2.24, 2.45) is 0 Å². The van der Waals surface area contributed by atoms with Gasteiger partial charge in [-0.1, -0.05) is 24.0 Å². The average molecular weight is 505 g/mol. The zero-order valence-electron chi connectivity index (χ0n) is 18.6. The van der Waals surface area contributed by atoms with E-state index in [0.717, 1.165) is 5.56 Å². The lowest BCUT2D eigenvalue weighted by Gasteiger charge is -2.17. The average Bonchev–Trinajstić information content (AvgIpc) is 2.83. The number of hydrogen-bond donors (Lipinski definition) is 3. The summed E-state index contributed by atoms with van der Waals surface area (Å²) in [6.07, 6.45) is 3.15. The molecule has 0 aliphatic heterocycles. The Hall–Kier alpha value is -3.94. The molecule has 3 rings (SSSR count). The van der Waals surface area contributed by atoms with Gasteiger partial charge in [-0.15, -0.1) is 12.4 Å². The number of aliphatic hydroxyl groups is 1. The Kier molecular flexibility index (Phi) is 10.2. The molecule has 3 aromatic rings. The van der Waals surface area contributed by atoms with Crippen molar-refractivity contribution in [1.82, 2.24) is 15.3 Å². The summed E-state index contributed by atoms with van der Waals surface area (Å²) in [6.45, 7) is -3.34. The van der Waals surface area contributed by atoms with Crippen LogP contribution in [0, 0.1) is 11.8 Å². The molecule has 2 aromatic carbocycles. The number of anilines is 1. The highest BCUT2D eigenvalue weighted by Gasteiger charge is 2.18.